The zero-order valence-electron chi connectivity index (χ0n) is 10.9. The maximum atomic E-state index is 5.71. The van der Waals surface area contributed by atoms with Gasteiger partial charge in [-0.1, -0.05) is 28.1 Å². The van der Waals surface area contributed by atoms with E-state index in [-0.39, 0.29) is 0 Å². The third-order valence-electron chi connectivity index (χ3n) is 3.68. The van der Waals surface area contributed by atoms with Crippen LogP contribution in [0.5, 0.6) is 0 Å². The Morgan fingerprint density at radius 2 is 2.00 bits per heavy atom. The number of hydrogen-bond acceptors (Lipinski definition) is 2. The smallest absolute Gasteiger partial charge is 0.140 e. The molecule has 0 unspecified atom stereocenters. The van der Waals surface area contributed by atoms with Crippen LogP contribution in [0.4, 0.5) is 0 Å². The van der Waals surface area contributed by atoms with Crippen molar-refractivity contribution in [2.45, 2.75) is 32.2 Å². The Kier molecular flexibility index (Phi) is 3.71. The topological polar surface area (TPSA) is 43.8 Å². The molecule has 3 nitrogen and oxygen atoms in total. The molecule has 4 heteroatoms. The monoisotopic (exact) mass is 319 g/mol. The lowest BCUT2D eigenvalue weighted by atomic mass is 10.1. The molecule has 1 aliphatic heterocycles. The first kappa shape index (κ1) is 12.9. The Morgan fingerprint density at radius 3 is 2.74 bits per heavy atom. The van der Waals surface area contributed by atoms with E-state index in [1.54, 1.807) is 0 Å². The molecule has 2 heterocycles. The van der Waals surface area contributed by atoms with Crippen LogP contribution in [0.15, 0.2) is 28.7 Å². The average Bonchev–Trinajstić information content (AvgIpc) is 2.80. The largest absolute Gasteiger partial charge is 0.330 e. The zero-order valence-corrected chi connectivity index (χ0v) is 12.5. The maximum absolute atomic E-state index is 5.71. The van der Waals surface area contributed by atoms with Crippen molar-refractivity contribution in [3.05, 3.63) is 40.1 Å². The molecule has 0 amide bonds. The van der Waals surface area contributed by atoms with Crippen LogP contribution in [-0.4, -0.2) is 16.1 Å². The molecule has 0 saturated carbocycles. The lowest BCUT2D eigenvalue weighted by molar-refractivity contribution is 0.533. The number of rotatable bonds is 3. The van der Waals surface area contributed by atoms with Crippen LogP contribution >= 0.6 is 15.9 Å². The first-order chi connectivity index (χ1) is 9.29. The Balaban J connectivity index is 2.07. The van der Waals surface area contributed by atoms with Crippen molar-refractivity contribution in [2.75, 3.05) is 6.54 Å². The molecule has 0 bridgehead atoms. The van der Waals surface area contributed by atoms with E-state index in [9.17, 15) is 0 Å². The number of fused-ring (bicyclic) bond motifs is 1. The number of hydrogen-bond donors (Lipinski definition) is 1. The van der Waals surface area contributed by atoms with Crippen molar-refractivity contribution in [1.82, 2.24) is 9.55 Å². The highest BCUT2D eigenvalue weighted by Gasteiger charge is 2.20. The Labute approximate surface area is 122 Å². The molecule has 19 heavy (non-hydrogen) atoms. The predicted octanol–water partition coefficient (Wildman–Crippen LogP) is 3.15. The fourth-order valence-electron chi connectivity index (χ4n) is 2.78. The minimum atomic E-state index is 0.670. The second-order valence-electron chi connectivity index (χ2n) is 4.98. The standard InChI is InChI=1S/C15H18BrN3/c16-12-6-4-11(5-7-12)15-18-13(8-9-17)14-3-1-2-10-19(14)15/h4-7H,1-3,8-10,17H2. The summed E-state index contributed by atoms with van der Waals surface area (Å²) in [6.07, 6.45) is 4.53. The van der Waals surface area contributed by atoms with Gasteiger partial charge in [-0.2, -0.15) is 0 Å². The summed E-state index contributed by atoms with van der Waals surface area (Å²) < 4.78 is 3.49. The third-order valence-corrected chi connectivity index (χ3v) is 4.21. The Morgan fingerprint density at radius 1 is 1.21 bits per heavy atom. The highest BCUT2D eigenvalue weighted by Crippen LogP contribution is 2.28. The summed E-state index contributed by atoms with van der Waals surface area (Å²) in [5.41, 5.74) is 9.49. The number of nitrogens with zero attached hydrogens (tertiary/aromatic N) is 2. The summed E-state index contributed by atoms with van der Waals surface area (Å²) in [6, 6.07) is 8.39. The number of aromatic nitrogens is 2. The van der Waals surface area contributed by atoms with Crippen LogP contribution in [-0.2, 0) is 19.4 Å². The van der Waals surface area contributed by atoms with Crippen LogP contribution < -0.4 is 5.73 Å². The second kappa shape index (κ2) is 5.47. The van der Waals surface area contributed by atoms with Crippen molar-refractivity contribution in [3.63, 3.8) is 0 Å². The first-order valence-corrected chi connectivity index (χ1v) is 7.63. The molecule has 0 spiro atoms. The van der Waals surface area contributed by atoms with E-state index in [0.29, 0.717) is 6.54 Å². The third kappa shape index (κ3) is 2.47. The van der Waals surface area contributed by atoms with Gasteiger partial charge in [0, 0.05) is 28.7 Å². The molecule has 2 aromatic rings. The van der Waals surface area contributed by atoms with Crippen molar-refractivity contribution in [3.8, 4) is 11.4 Å². The van der Waals surface area contributed by atoms with E-state index in [0.717, 1.165) is 29.7 Å². The van der Waals surface area contributed by atoms with Gasteiger partial charge < -0.3 is 10.3 Å². The van der Waals surface area contributed by atoms with Crippen LogP contribution in [0.2, 0.25) is 0 Å². The number of halogens is 1. The first-order valence-electron chi connectivity index (χ1n) is 6.84. The van der Waals surface area contributed by atoms with Gasteiger partial charge in [0.1, 0.15) is 5.82 Å². The summed E-state index contributed by atoms with van der Waals surface area (Å²) in [4.78, 5) is 4.85. The molecule has 3 rings (SSSR count). The van der Waals surface area contributed by atoms with E-state index in [1.165, 1.54) is 29.8 Å². The van der Waals surface area contributed by atoms with Gasteiger partial charge in [-0.05, 0) is 37.9 Å². The molecule has 1 aliphatic rings. The molecule has 1 aromatic heterocycles. The average molecular weight is 320 g/mol. The van der Waals surface area contributed by atoms with E-state index in [2.05, 4.69) is 44.8 Å². The Bertz CT molecular complexity index is 572. The van der Waals surface area contributed by atoms with Gasteiger partial charge in [0.15, 0.2) is 0 Å². The zero-order chi connectivity index (χ0) is 13.2. The summed E-state index contributed by atoms with van der Waals surface area (Å²) in [6.45, 7) is 1.75. The normalized spacial score (nSPS) is 14.4. The van der Waals surface area contributed by atoms with Crippen molar-refractivity contribution in [1.29, 1.82) is 0 Å². The summed E-state index contributed by atoms with van der Waals surface area (Å²) in [7, 11) is 0. The van der Waals surface area contributed by atoms with Crippen LogP contribution in [0.25, 0.3) is 11.4 Å². The van der Waals surface area contributed by atoms with Crippen LogP contribution in [0.3, 0.4) is 0 Å². The van der Waals surface area contributed by atoms with Gasteiger partial charge in [-0.3, -0.25) is 0 Å². The van der Waals surface area contributed by atoms with E-state index in [1.807, 2.05) is 0 Å². The van der Waals surface area contributed by atoms with Gasteiger partial charge in [-0.25, -0.2) is 4.98 Å². The molecule has 0 saturated heterocycles. The molecule has 0 fully saturated rings. The summed E-state index contributed by atoms with van der Waals surface area (Å²) in [5.74, 6) is 1.10. The SMILES string of the molecule is NCCc1nc(-c2ccc(Br)cc2)n2c1CCCC2. The molecule has 100 valence electrons. The summed E-state index contributed by atoms with van der Waals surface area (Å²) >= 11 is 3.48. The van der Waals surface area contributed by atoms with Crippen molar-refractivity contribution >= 4 is 15.9 Å². The quantitative estimate of drug-likeness (QED) is 0.944. The molecule has 0 radical (unpaired) electrons. The van der Waals surface area contributed by atoms with Gasteiger partial charge in [0.05, 0.1) is 5.69 Å². The molecular formula is C15H18BrN3. The van der Waals surface area contributed by atoms with Crippen LogP contribution in [0, 0.1) is 0 Å². The van der Waals surface area contributed by atoms with Gasteiger partial charge >= 0.3 is 0 Å². The van der Waals surface area contributed by atoms with Crippen LogP contribution in [0.1, 0.15) is 24.2 Å². The van der Waals surface area contributed by atoms with Gasteiger partial charge in [-0.15, -0.1) is 0 Å². The number of benzene rings is 1. The second-order valence-corrected chi connectivity index (χ2v) is 5.90. The van der Waals surface area contributed by atoms with Gasteiger partial charge in [0.2, 0.25) is 0 Å². The highest BCUT2D eigenvalue weighted by molar-refractivity contribution is 9.10. The van der Waals surface area contributed by atoms with Gasteiger partial charge in [0.25, 0.3) is 0 Å². The minimum Gasteiger partial charge on any atom is -0.330 e. The lowest BCUT2D eigenvalue weighted by Gasteiger charge is -2.17. The highest BCUT2D eigenvalue weighted by atomic mass is 79.9. The van der Waals surface area contributed by atoms with Crippen molar-refractivity contribution in [2.24, 2.45) is 5.73 Å². The fraction of sp³-hybridized carbons (Fsp3) is 0.400. The molecule has 0 atom stereocenters. The number of nitrogens with two attached hydrogens (primary N) is 1. The molecule has 1 aromatic carbocycles. The predicted molar refractivity (Wildman–Crippen MR) is 81.1 cm³/mol. The van der Waals surface area contributed by atoms with E-state index >= 15 is 0 Å². The maximum Gasteiger partial charge on any atom is 0.140 e. The minimum absolute atomic E-state index is 0.670. The lowest BCUT2D eigenvalue weighted by Crippen LogP contribution is -2.13. The number of imidazole rings is 1. The summed E-state index contributed by atoms with van der Waals surface area (Å²) in [5, 5.41) is 0. The van der Waals surface area contributed by atoms with Crippen molar-refractivity contribution < 1.29 is 0 Å². The Hall–Kier alpha value is -1.13. The molecule has 2 N–H and O–H groups in total. The molecular weight excluding hydrogens is 302 g/mol. The van der Waals surface area contributed by atoms with E-state index < -0.39 is 0 Å². The fourth-order valence-corrected chi connectivity index (χ4v) is 3.04. The molecule has 0 aliphatic carbocycles. The van der Waals surface area contributed by atoms with E-state index in [4.69, 9.17) is 10.7 Å².